The molecular formula is C17H7N3O7. The molecule has 1 aliphatic carbocycles. The molecule has 3 aromatic carbocycles. The monoisotopic (exact) mass is 365 g/mol. The van der Waals surface area contributed by atoms with E-state index in [-0.39, 0.29) is 38.7 Å². The van der Waals surface area contributed by atoms with Crippen molar-refractivity contribution in [3.8, 4) is 11.1 Å². The van der Waals surface area contributed by atoms with Crippen molar-refractivity contribution >= 4 is 33.6 Å². The summed E-state index contributed by atoms with van der Waals surface area (Å²) in [6.45, 7) is 0. The molecule has 27 heavy (non-hydrogen) atoms. The number of rotatable bonds is 3. The van der Waals surface area contributed by atoms with Gasteiger partial charge in [-0.2, -0.15) is 0 Å². The molecule has 4 rings (SSSR count). The van der Waals surface area contributed by atoms with E-state index >= 15 is 0 Å². The molecule has 0 aliphatic heterocycles. The van der Waals surface area contributed by atoms with Crippen molar-refractivity contribution in [2.24, 2.45) is 0 Å². The number of ketones is 1. The number of nitrogens with zero attached hydrogens (tertiary/aromatic N) is 3. The molecule has 3 aromatic rings. The highest BCUT2D eigenvalue weighted by Gasteiger charge is 2.35. The summed E-state index contributed by atoms with van der Waals surface area (Å²) >= 11 is 0. The van der Waals surface area contributed by atoms with Crippen molar-refractivity contribution in [3.63, 3.8) is 0 Å². The molecule has 0 fully saturated rings. The van der Waals surface area contributed by atoms with Crippen molar-refractivity contribution in [2.75, 3.05) is 0 Å². The molecule has 0 amide bonds. The van der Waals surface area contributed by atoms with Gasteiger partial charge in [0.1, 0.15) is 0 Å². The van der Waals surface area contributed by atoms with E-state index in [0.717, 1.165) is 12.1 Å². The zero-order valence-electron chi connectivity index (χ0n) is 13.2. The Kier molecular flexibility index (Phi) is 3.25. The molecule has 0 spiro atoms. The van der Waals surface area contributed by atoms with E-state index in [1.165, 1.54) is 30.3 Å². The zero-order chi connectivity index (χ0) is 19.5. The van der Waals surface area contributed by atoms with Gasteiger partial charge in [-0.05, 0) is 17.7 Å². The quantitative estimate of drug-likeness (QED) is 0.396. The van der Waals surface area contributed by atoms with Gasteiger partial charge in [0.15, 0.2) is 5.78 Å². The van der Waals surface area contributed by atoms with Gasteiger partial charge in [-0.1, -0.05) is 12.1 Å². The molecule has 0 unspecified atom stereocenters. The highest BCUT2D eigenvalue weighted by atomic mass is 16.6. The maximum absolute atomic E-state index is 12.9. The first kappa shape index (κ1) is 16.3. The smallest absolute Gasteiger partial charge is 0.284 e. The lowest BCUT2D eigenvalue weighted by Gasteiger charge is -2.19. The van der Waals surface area contributed by atoms with Crippen LogP contribution in [0.1, 0.15) is 15.9 Å². The lowest BCUT2D eigenvalue weighted by atomic mass is 9.81. The highest BCUT2D eigenvalue weighted by Crippen LogP contribution is 2.47. The van der Waals surface area contributed by atoms with Crippen LogP contribution in [0.2, 0.25) is 0 Å². The molecule has 10 heteroatoms. The predicted molar refractivity (Wildman–Crippen MR) is 92.8 cm³/mol. The first-order chi connectivity index (χ1) is 12.8. The lowest BCUT2D eigenvalue weighted by Crippen LogP contribution is -2.12. The van der Waals surface area contributed by atoms with Gasteiger partial charge in [0, 0.05) is 28.6 Å². The minimum atomic E-state index is -0.813. The molecule has 0 saturated carbocycles. The standard InChI is InChI=1S/C17H7N3O7/c21-17-11-3-1-2-9-13(19(24)25)5-4-10(15(9)11)16-12(17)6-8(18(22)23)7-14(16)20(26)27/h1-7H. The van der Waals surface area contributed by atoms with Crippen molar-refractivity contribution in [2.45, 2.75) is 0 Å². The molecule has 10 nitrogen and oxygen atoms in total. The fraction of sp³-hybridized carbons (Fsp3) is 0. The Labute approximate surface area is 149 Å². The number of hydrogen-bond donors (Lipinski definition) is 0. The molecule has 0 aromatic heterocycles. The molecule has 0 saturated heterocycles. The summed E-state index contributed by atoms with van der Waals surface area (Å²) in [5.74, 6) is -0.657. The van der Waals surface area contributed by atoms with Gasteiger partial charge in [0.25, 0.3) is 17.1 Å². The van der Waals surface area contributed by atoms with Crippen LogP contribution in [0.15, 0.2) is 42.5 Å². The Morgan fingerprint density at radius 1 is 0.704 bits per heavy atom. The van der Waals surface area contributed by atoms with Crippen LogP contribution in [0.25, 0.3) is 21.9 Å². The third-order valence-corrected chi connectivity index (χ3v) is 4.48. The van der Waals surface area contributed by atoms with Crippen LogP contribution >= 0.6 is 0 Å². The Balaban J connectivity index is 2.21. The van der Waals surface area contributed by atoms with E-state index in [9.17, 15) is 35.1 Å². The summed E-state index contributed by atoms with van der Waals surface area (Å²) in [4.78, 5) is 44.6. The van der Waals surface area contributed by atoms with Crippen molar-refractivity contribution in [1.29, 1.82) is 0 Å². The summed E-state index contributed by atoms with van der Waals surface area (Å²) in [6, 6.07) is 8.66. The molecule has 132 valence electrons. The molecule has 1 aliphatic rings. The van der Waals surface area contributed by atoms with Gasteiger partial charge in [0.2, 0.25) is 0 Å². The fourth-order valence-electron chi connectivity index (χ4n) is 3.42. The van der Waals surface area contributed by atoms with Gasteiger partial charge in [0.05, 0.1) is 31.8 Å². The van der Waals surface area contributed by atoms with Crippen LogP contribution in [0.4, 0.5) is 17.1 Å². The number of fused-ring (bicyclic) bond motifs is 2. The van der Waals surface area contributed by atoms with E-state index < -0.39 is 31.9 Å². The largest absolute Gasteiger partial charge is 0.289 e. The van der Waals surface area contributed by atoms with E-state index in [1.807, 2.05) is 0 Å². The number of nitro groups is 3. The molecule has 0 radical (unpaired) electrons. The van der Waals surface area contributed by atoms with Gasteiger partial charge >= 0.3 is 0 Å². The topological polar surface area (TPSA) is 146 Å². The predicted octanol–water partition coefficient (Wildman–Crippen LogP) is 3.78. The van der Waals surface area contributed by atoms with E-state index in [1.54, 1.807) is 0 Å². The maximum Gasteiger partial charge on any atom is 0.284 e. The minimum Gasteiger partial charge on any atom is -0.289 e. The first-order valence-electron chi connectivity index (χ1n) is 7.53. The highest BCUT2D eigenvalue weighted by molar-refractivity contribution is 6.28. The molecule has 0 N–H and O–H groups in total. The number of benzene rings is 3. The Morgan fingerprint density at radius 3 is 2.04 bits per heavy atom. The summed E-state index contributed by atoms with van der Waals surface area (Å²) < 4.78 is 0. The van der Waals surface area contributed by atoms with Crippen LogP contribution in [0.5, 0.6) is 0 Å². The molecular weight excluding hydrogens is 358 g/mol. The number of non-ortho nitro benzene ring substituents is 2. The zero-order valence-corrected chi connectivity index (χ0v) is 13.2. The fourth-order valence-corrected chi connectivity index (χ4v) is 3.42. The minimum absolute atomic E-state index is 0.0748. The second-order valence-corrected chi connectivity index (χ2v) is 5.85. The van der Waals surface area contributed by atoms with Gasteiger partial charge in [-0.25, -0.2) is 0 Å². The van der Waals surface area contributed by atoms with Gasteiger partial charge in [-0.3, -0.25) is 35.1 Å². The Hall–Kier alpha value is -4.21. The van der Waals surface area contributed by atoms with E-state index in [4.69, 9.17) is 0 Å². The average Bonchev–Trinajstić information content (AvgIpc) is 2.64. The van der Waals surface area contributed by atoms with Crippen LogP contribution in [0, 0.1) is 30.3 Å². The first-order valence-corrected chi connectivity index (χ1v) is 7.53. The van der Waals surface area contributed by atoms with Crippen LogP contribution in [-0.4, -0.2) is 20.6 Å². The van der Waals surface area contributed by atoms with E-state index in [2.05, 4.69) is 0 Å². The second-order valence-electron chi connectivity index (χ2n) is 5.85. The number of carbonyl (C=O) groups is 1. The number of carbonyl (C=O) groups excluding carboxylic acids is 1. The third-order valence-electron chi connectivity index (χ3n) is 4.48. The van der Waals surface area contributed by atoms with Gasteiger partial charge < -0.3 is 0 Å². The van der Waals surface area contributed by atoms with Crippen molar-refractivity contribution in [3.05, 3.63) is 83.9 Å². The average molecular weight is 365 g/mol. The van der Waals surface area contributed by atoms with Crippen LogP contribution in [0.3, 0.4) is 0 Å². The summed E-state index contributed by atoms with van der Waals surface area (Å²) in [5.41, 5.74) is -1.31. The summed E-state index contributed by atoms with van der Waals surface area (Å²) in [5, 5.41) is 34.3. The summed E-state index contributed by atoms with van der Waals surface area (Å²) in [7, 11) is 0. The van der Waals surface area contributed by atoms with Crippen molar-refractivity contribution < 1.29 is 19.6 Å². The second kappa shape index (κ2) is 5.39. The number of nitro benzene ring substituents is 3. The number of hydrogen-bond acceptors (Lipinski definition) is 7. The SMILES string of the molecule is O=C1c2cc([N+](=O)[O-])cc([N+](=O)[O-])c2-c2ccc([N+](=O)[O-])c3cccc1c23. The van der Waals surface area contributed by atoms with Crippen molar-refractivity contribution in [1.82, 2.24) is 0 Å². The van der Waals surface area contributed by atoms with Gasteiger partial charge in [-0.15, -0.1) is 0 Å². The lowest BCUT2D eigenvalue weighted by molar-refractivity contribution is -0.393. The van der Waals surface area contributed by atoms with Crippen LogP contribution in [-0.2, 0) is 0 Å². The molecule has 0 atom stereocenters. The Bertz CT molecular complexity index is 1230. The molecule has 0 bridgehead atoms. The van der Waals surface area contributed by atoms with E-state index in [0.29, 0.717) is 0 Å². The maximum atomic E-state index is 12.9. The Morgan fingerprint density at radius 2 is 1.41 bits per heavy atom. The van der Waals surface area contributed by atoms with Crippen LogP contribution < -0.4 is 0 Å². The molecule has 0 heterocycles. The third kappa shape index (κ3) is 2.16. The summed E-state index contributed by atoms with van der Waals surface area (Å²) in [6.07, 6.45) is 0. The normalized spacial score (nSPS) is 11.9.